The van der Waals surface area contributed by atoms with Crippen LogP contribution in [0.4, 0.5) is 18.9 Å². The maximum Gasteiger partial charge on any atom is 0.416 e. The van der Waals surface area contributed by atoms with E-state index in [1.807, 2.05) is 26.8 Å². The van der Waals surface area contributed by atoms with Gasteiger partial charge >= 0.3 is 6.18 Å². The molecule has 10 heteroatoms. The van der Waals surface area contributed by atoms with E-state index in [1.54, 1.807) is 41.2 Å². The zero-order valence-corrected chi connectivity index (χ0v) is 21.7. The second kappa shape index (κ2) is 10.5. The van der Waals surface area contributed by atoms with Gasteiger partial charge in [0.15, 0.2) is 0 Å². The number of halogens is 4. The number of amides is 2. The van der Waals surface area contributed by atoms with Crippen LogP contribution in [0.1, 0.15) is 47.8 Å². The quantitative estimate of drug-likeness (QED) is 0.286. The number of alkyl halides is 3. The Morgan fingerprint density at radius 2 is 1.66 bits per heavy atom. The van der Waals surface area contributed by atoms with Crippen LogP contribution < -0.4 is 10.6 Å². The monoisotopic (exact) mass is 542 g/mol. The third-order valence-electron chi connectivity index (χ3n) is 5.96. The molecule has 0 aliphatic carbocycles. The van der Waals surface area contributed by atoms with E-state index in [1.165, 1.54) is 12.1 Å². The Kier molecular flexibility index (Phi) is 7.51. The molecule has 0 radical (unpaired) electrons. The van der Waals surface area contributed by atoms with Crippen molar-refractivity contribution >= 4 is 40.0 Å². The van der Waals surface area contributed by atoms with Gasteiger partial charge in [-0.05, 0) is 47.5 Å². The van der Waals surface area contributed by atoms with Crippen LogP contribution in [-0.2, 0) is 24.1 Å². The third-order valence-corrected chi connectivity index (χ3v) is 6.29. The van der Waals surface area contributed by atoms with Crippen molar-refractivity contribution in [3.05, 3.63) is 94.1 Å². The van der Waals surface area contributed by atoms with Gasteiger partial charge in [-0.15, -0.1) is 0 Å². The van der Waals surface area contributed by atoms with E-state index in [0.717, 1.165) is 17.7 Å². The molecular formula is C28H26ClF3N4O2. The van der Waals surface area contributed by atoms with Crippen molar-refractivity contribution in [2.24, 2.45) is 5.41 Å². The Morgan fingerprint density at radius 1 is 0.974 bits per heavy atom. The van der Waals surface area contributed by atoms with E-state index < -0.39 is 23.1 Å². The average molecular weight is 543 g/mol. The van der Waals surface area contributed by atoms with E-state index in [0.29, 0.717) is 22.2 Å². The molecule has 6 nitrogen and oxygen atoms in total. The molecule has 0 atom stereocenters. The van der Waals surface area contributed by atoms with Gasteiger partial charge < -0.3 is 10.6 Å². The van der Waals surface area contributed by atoms with Gasteiger partial charge in [-0.1, -0.05) is 56.6 Å². The SMILES string of the molecule is CC(C)(C)C(=O)NCc1ccc(Cl)c(C(=O)Nc2cccc3c2cnn3Cc2ccc(C(F)(F)F)cc2)c1. The lowest BCUT2D eigenvalue weighted by molar-refractivity contribution is -0.137. The van der Waals surface area contributed by atoms with Crippen molar-refractivity contribution in [2.75, 3.05) is 5.32 Å². The number of aromatic nitrogens is 2. The summed E-state index contributed by atoms with van der Waals surface area (Å²) in [6.45, 7) is 5.95. The number of carbonyl (C=O) groups excluding carboxylic acids is 2. The van der Waals surface area contributed by atoms with Crippen molar-refractivity contribution in [2.45, 2.75) is 40.0 Å². The topological polar surface area (TPSA) is 76.0 Å². The molecule has 0 bridgehead atoms. The maximum absolute atomic E-state index is 13.1. The van der Waals surface area contributed by atoms with Crippen LogP contribution in [-0.4, -0.2) is 21.6 Å². The van der Waals surface area contributed by atoms with Crippen LogP contribution in [0.25, 0.3) is 10.9 Å². The summed E-state index contributed by atoms with van der Waals surface area (Å²) >= 11 is 6.31. The van der Waals surface area contributed by atoms with Gasteiger partial charge in [-0.3, -0.25) is 14.3 Å². The van der Waals surface area contributed by atoms with Crippen molar-refractivity contribution in [3.8, 4) is 0 Å². The van der Waals surface area contributed by atoms with Crippen LogP contribution in [0.15, 0.2) is 66.9 Å². The first-order chi connectivity index (χ1) is 17.8. The molecule has 198 valence electrons. The Hall–Kier alpha value is -3.85. The Morgan fingerprint density at radius 3 is 2.32 bits per heavy atom. The van der Waals surface area contributed by atoms with Gasteiger partial charge in [0, 0.05) is 17.3 Å². The van der Waals surface area contributed by atoms with E-state index in [-0.39, 0.29) is 29.6 Å². The predicted octanol–water partition coefficient (Wildman–Crippen LogP) is 6.67. The van der Waals surface area contributed by atoms with Gasteiger partial charge in [0.25, 0.3) is 5.91 Å². The molecule has 1 heterocycles. The molecule has 0 spiro atoms. The van der Waals surface area contributed by atoms with Crippen LogP contribution in [0.2, 0.25) is 5.02 Å². The summed E-state index contributed by atoms with van der Waals surface area (Å²) in [6, 6.07) is 15.2. The molecule has 2 N–H and O–H groups in total. The third kappa shape index (κ3) is 6.16. The molecule has 38 heavy (non-hydrogen) atoms. The lowest BCUT2D eigenvalue weighted by atomic mass is 9.95. The number of benzene rings is 3. The molecule has 0 aliphatic heterocycles. The van der Waals surface area contributed by atoms with Gasteiger partial charge in [0.05, 0.1) is 40.1 Å². The predicted molar refractivity (Wildman–Crippen MR) is 141 cm³/mol. The lowest BCUT2D eigenvalue weighted by Gasteiger charge is -2.18. The van der Waals surface area contributed by atoms with Crippen LogP contribution >= 0.6 is 11.6 Å². The van der Waals surface area contributed by atoms with Crippen molar-refractivity contribution in [3.63, 3.8) is 0 Å². The molecule has 4 rings (SSSR count). The summed E-state index contributed by atoms with van der Waals surface area (Å²) in [6.07, 6.45) is -2.80. The number of rotatable bonds is 6. The molecule has 0 fully saturated rings. The van der Waals surface area contributed by atoms with E-state index >= 15 is 0 Å². The van der Waals surface area contributed by atoms with Crippen LogP contribution in [0.3, 0.4) is 0 Å². The molecule has 4 aromatic rings. The summed E-state index contributed by atoms with van der Waals surface area (Å²) in [5.74, 6) is -0.541. The molecule has 0 unspecified atom stereocenters. The highest BCUT2D eigenvalue weighted by Crippen LogP contribution is 2.30. The van der Waals surface area contributed by atoms with Crippen molar-refractivity contribution in [1.82, 2.24) is 15.1 Å². The van der Waals surface area contributed by atoms with Gasteiger partial charge in [0.1, 0.15) is 0 Å². The zero-order valence-electron chi connectivity index (χ0n) is 21.0. The Labute approximate surface area is 222 Å². The van der Waals surface area contributed by atoms with E-state index in [4.69, 9.17) is 11.6 Å². The largest absolute Gasteiger partial charge is 0.416 e. The number of anilines is 1. The second-order valence-corrected chi connectivity index (χ2v) is 10.3. The fourth-order valence-corrected chi connectivity index (χ4v) is 4.01. The zero-order chi connectivity index (χ0) is 27.7. The normalized spacial score (nSPS) is 12.0. The highest BCUT2D eigenvalue weighted by Gasteiger charge is 2.30. The van der Waals surface area contributed by atoms with Crippen LogP contribution in [0.5, 0.6) is 0 Å². The number of fused-ring (bicyclic) bond motifs is 1. The molecule has 0 saturated heterocycles. The fraction of sp³-hybridized carbons (Fsp3) is 0.250. The van der Waals surface area contributed by atoms with Gasteiger partial charge in [-0.2, -0.15) is 18.3 Å². The van der Waals surface area contributed by atoms with Crippen molar-refractivity contribution in [1.29, 1.82) is 0 Å². The minimum absolute atomic E-state index is 0.113. The first-order valence-corrected chi connectivity index (χ1v) is 12.2. The summed E-state index contributed by atoms with van der Waals surface area (Å²) in [4.78, 5) is 25.3. The van der Waals surface area contributed by atoms with Gasteiger partial charge in [0.2, 0.25) is 5.91 Å². The van der Waals surface area contributed by atoms with Crippen molar-refractivity contribution < 1.29 is 22.8 Å². The standard InChI is InChI=1S/C28H26ClF3N4O2/c1-27(2,3)26(38)33-14-18-9-12-22(29)20(13-18)25(37)35-23-5-4-6-24-21(23)15-34-36(24)16-17-7-10-19(11-8-17)28(30,31)32/h4-13,15H,14,16H2,1-3H3,(H,33,38)(H,35,37). The smallest absolute Gasteiger partial charge is 0.352 e. The maximum atomic E-state index is 13.1. The fourth-order valence-electron chi connectivity index (χ4n) is 3.80. The average Bonchev–Trinajstić information content (AvgIpc) is 3.26. The number of nitrogens with zero attached hydrogens (tertiary/aromatic N) is 2. The summed E-state index contributed by atoms with van der Waals surface area (Å²) in [5.41, 5.74) is 1.59. The molecular weight excluding hydrogens is 517 g/mol. The number of hydrogen-bond acceptors (Lipinski definition) is 3. The molecule has 1 aromatic heterocycles. The summed E-state index contributed by atoms with van der Waals surface area (Å²) in [5, 5.41) is 11.0. The second-order valence-electron chi connectivity index (χ2n) is 9.94. The highest BCUT2D eigenvalue weighted by molar-refractivity contribution is 6.34. The minimum Gasteiger partial charge on any atom is -0.352 e. The number of carbonyl (C=O) groups is 2. The van der Waals surface area contributed by atoms with Gasteiger partial charge in [-0.25, -0.2) is 0 Å². The first kappa shape index (κ1) is 27.2. The molecule has 3 aromatic carbocycles. The highest BCUT2D eigenvalue weighted by atomic mass is 35.5. The van der Waals surface area contributed by atoms with E-state index in [9.17, 15) is 22.8 Å². The Balaban J connectivity index is 1.52. The van der Waals surface area contributed by atoms with E-state index in [2.05, 4.69) is 15.7 Å². The molecule has 0 aliphatic rings. The molecule has 0 saturated carbocycles. The number of hydrogen-bond donors (Lipinski definition) is 2. The van der Waals surface area contributed by atoms with Crippen LogP contribution in [0, 0.1) is 5.41 Å². The Bertz CT molecular complexity index is 1490. The number of nitrogens with one attached hydrogen (secondary N) is 2. The lowest BCUT2D eigenvalue weighted by Crippen LogP contribution is -2.34. The summed E-state index contributed by atoms with van der Waals surface area (Å²) < 4.78 is 40.2. The minimum atomic E-state index is -4.40. The summed E-state index contributed by atoms with van der Waals surface area (Å²) in [7, 11) is 0. The molecule has 2 amide bonds. The first-order valence-electron chi connectivity index (χ1n) is 11.8.